The Morgan fingerprint density at radius 3 is 2.34 bits per heavy atom. The van der Waals surface area contributed by atoms with Gasteiger partial charge in [0.1, 0.15) is 10.2 Å². The van der Waals surface area contributed by atoms with E-state index < -0.39 is 11.8 Å². The first kappa shape index (κ1) is 21.0. The summed E-state index contributed by atoms with van der Waals surface area (Å²) in [5.74, 6) is -1.04. The number of amides is 2. The predicted molar refractivity (Wildman–Crippen MR) is 119 cm³/mol. The van der Waals surface area contributed by atoms with Crippen molar-refractivity contribution >= 4 is 39.8 Å². The minimum absolute atomic E-state index is 0.0247. The lowest BCUT2D eigenvalue weighted by molar-refractivity contribution is 0.100. The Morgan fingerprint density at radius 1 is 1.14 bits per heavy atom. The van der Waals surface area contributed by atoms with Crippen LogP contribution in [0, 0.1) is 6.92 Å². The van der Waals surface area contributed by atoms with Crippen LogP contribution in [0.5, 0.6) is 0 Å². The molecule has 0 aliphatic carbocycles. The van der Waals surface area contributed by atoms with Crippen LogP contribution in [0.15, 0.2) is 42.6 Å². The zero-order chi connectivity index (χ0) is 21.3. The molecule has 2 aromatic heterocycles. The summed E-state index contributed by atoms with van der Waals surface area (Å²) in [5.41, 5.74) is 9.03. The minimum atomic E-state index is -0.600. The van der Waals surface area contributed by atoms with E-state index in [9.17, 15) is 9.59 Å². The van der Waals surface area contributed by atoms with Crippen LogP contribution in [0.25, 0.3) is 11.1 Å². The Labute approximate surface area is 178 Å². The number of halogens is 1. The van der Waals surface area contributed by atoms with Crippen molar-refractivity contribution in [3.8, 4) is 11.1 Å². The highest BCUT2D eigenvalue weighted by molar-refractivity contribution is 7.17. The van der Waals surface area contributed by atoms with Crippen molar-refractivity contribution in [1.82, 2.24) is 4.98 Å². The van der Waals surface area contributed by atoms with E-state index in [4.69, 9.17) is 17.3 Å². The molecule has 7 heteroatoms. The highest BCUT2D eigenvalue weighted by Crippen LogP contribution is 2.40. The fraction of sp³-hybridized carbons (Fsp3) is 0.227. The number of primary amides is 1. The van der Waals surface area contributed by atoms with Gasteiger partial charge in [-0.25, -0.2) is 4.98 Å². The summed E-state index contributed by atoms with van der Waals surface area (Å²) in [5, 5.41) is 3.26. The topological polar surface area (TPSA) is 85.1 Å². The number of hydrogen-bond acceptors (Lipinski definition) is 4. The molecule has 0 saturated carbocycles. The van der Waals surface area contributed by atoms with Gasteiger partial charge in [0.25, 0.3) is 11.8 Å². The van der Waals surface area contributed by atoms with E-state index in [0.29, 0.717) is 10.6 Å². The molecule has 0 aliphatic heterocycles. The molecule has 2 amide bonds. The molecule has 3 aromatic rings. The second-order valence-corrected chi connectivity index (χ2v) is 9.31. The summed E-state index contributed by atoms with van der Waals surface area (Å²) in [6.45, 7) is 8.33. The average molecular weight is 428 g/mol. The molecule has 0 saturated heterocycles. The fourth-order valence-electron chi connectivity index (χ4n) is 3.08. The molecule has 2 heterocycles. The first-order chi connectivity index (χ1) is 13.6. The quantitative estimate of drug-likeness (QED) is 0.545. The van der Waals surface area contributed by atoms with Crippen molar-refractivity contribution in [3.63, 3.8) is 0 Å². The van der Waals surface area contributed by atoms with E-state index in [1.165, 1.54) is 23.1 Å². The van der Waals surface area contributed by atoms with E-state index in [1.807, 2.05) is 31.2 Å². The third-order valence-electron chi connectivity index (χ3n) is 4.60. The summed E-state index contributed by atoms with van der Waals surface area (Å²) >= 11 is 7.32. The van der Waals surface area contributed by atoms with Crippen LogP contribution in [0.3, 0.4) is 0 Å². The third-order valence-corrected chi connectivity index (χ3v) is 5.92. The molecule has 0 atom stereocenters. The van der Waals surface area contributed by atoms with Gasteiger partial charge in [0.05, 0.1) is 11.1 Å². The van der Waals surface area contributed by atoms with Crippen LogP contribution in [0.2, 0.25) is 5.15 Å². The van der Waals surface area contributed by atoms with E-state index in [0.717, 1.165) is 16.0 Å². The highest BCUT2D eigenvalue weighted by atomic mass is 35.5. The molecule has 0 spiro atoms. The Bertz CT molecular complexity index is 1080. The van der Waals surface area contributed by atoms with Gasteiger partial charge < -0.3 is 11.1 Å². The minimum Gasteiger partial charge on any atom is -0.365 e. The van der Waals surface area contributed by atoms with E-state index in [-0.39, 0.29) is 16.1 Å². The SMILES string of the molecule is Cc1sc(NC(=O)c2cccnc2Cl)c(C(N)=O)c1-c1ccc(C(C)(C)C)cc1. The number of benzene rings is 1. The van der Waals surface area contributed by atoms with Crippen molar-refractivity contribution < 1.29 is 9.59 Å². The molecule has 3 N–H and O–H groups in total. The van der Waals surface area contributed by atoms with Gasteiger partial charge in [-0.3, -0.25) is 9.59 Å². The zero-order valence-electron chi connectivity index (χ0n) is 16.7. The van der Waals surface area contributed by atoms with Gasteiger partial charge >= 0.3 is 0 Å². The number of rotatable bonds is 4. The lowest BCUT2D eigenvalue weighted by Gasteiger charge is -2.19. The second-order valence-electron chi connectivity index (χ2n) is 7.72. The second kappa shape index (κ2) is 7.97. The molecule has 29 heavy (non-hydrogen) atoms. The van der Waals surface area contributed by atoms with Crippen LogP contribution in [0.4, 0.5) is 5.00 Å². The predicted octanol–water partition coefficient (Wildman–Crippen LogP) is 5.42. The van der Waals surface area contributed by atoms with Gasteiger partial charge in [0.2, 0.25) is 0 Å². The maximum absolute atomic E-state index is 12.6. The molecule has 150 valence electrons. The summed E-state index contributed by atoms with van der Waals surface area (Å²) < 4.78 is 0. The van der Waals surface area contributed by atoms with Gasteiger partial charge in [-0.15, -0.1) is 11.3 Å². The van der Waals surface area contributed by atoms with Gasteiger partial charge in [0, 0.05) is 16.6 Å². The smallest absolute Gasteiger partial charge is 0.259 e. The van der Waals surface area contributed by atoms with Gasteiger partial charge in [-0.05, 0) is 35.6 Å². The molecule has 0 fully saturated rings. The maximum Gasteiger partial charge on any atom is 0.259 e. The molecule has 3 rings (SSSR count). The summed E-state index contributed by atoms with van der Waals surface area (Å²) in [4.78, 5) is 29.7. The Morgan fingerprint density at radius 2 is 1.79 bits per heavy atom. The number of thiophene rings is 1. The number of carbonyl (C=O) groups is 2. The van der Waals surface area contributed by atoms with Crippen LogP contribution >= 0.6 is 22.9 Å². The number of aryl methyl sites for hydroxylation is 1. The first-order valence-electron chi connectivity index (χ1n) is 9.05. The number of aromatic nitrogens is 1. The molecule has 0 aliphatic rings. The van der Waals surface area contributed by atoms with Crippen molar-refractivity contribution in [2.24, 2.45) is 5.73 Å². The van der Waals surface area contributed by atoms with Crippen LogP contribution in [-0.2, 0) is 5.41 Å². The molecule has 0 unspecified atom stereocenters. The van der Waals surface area contributed by atoms with Crippen LogP contribution < -0.4 is 11.1 Å². The third kappa shape index (κ3) is 4.33. The van der Waals surface area contributed by atoms with Gasteiger partial charge in [0.15, 0.2) is 0 Å². The Balaban J connectivity index is 2.03. The van der Waals surface area contributed by atoms with E-state index in [2.05, 4.69) is 31.1 Å². The van der Waals surface area contributed by atoms with E-state index >= 15 is 0 Å². The molecule has 1 aromatic carbocycles. The molecular formula is C22H22ClN3O2S. The Hall–Kier alpha value is -2.70. The number of anilines is 1. The summed E-state index contributed by atoms with van der Waals surface area (Å²) in [6.07, 6.45) is 1.50. The number of nitrogens with one attached hydrogen (secondary N) is 1. The number of pyridine rings is 1. The average Bonchev–Trinajstić information content (AvgIpc) is 2.97. The number of nitrogens with zero attached hydrogens (tertiary/aromatic N) is 1. The normalized spacial score (nSPS) is 11.3. The monoisotopic (exact) mass is 427 g/mol. The number of hydrogen-bond donors (Lipinski definition) is 2. The van der Waals surface area contributed by atoms with Crippen LogP contribution in [-0.4, -0.2) is 16.8 Å². The van der Waals surface area contributed by atoms with Gasteiger partial charge in [-0.1, -0.05) is 56.6 Å². The highest BCUT2D eigenvalue weighted by Gasteiger charge is 2.24. The maximum atomic E-state index is 12.6. The van der Waals surface area contributed by atoms with E-state index in [1.54, 1.807) is 12.1 Å². The molecular weight excluding hydrogens is 406 g/mol. The zero-order valence-corrected chi connectivity index (χ0v) is 18.2. The number of nitrogens with two attached hydrogens (primary N) is 1. The molecule has 5 nitrogen and oxygen atoms in total. The molecule has 0 bridgehead atoms. The van der Waals surface area contributed by atoms with Crippen molar-refractivity contribution in [2.75, 3.05) is 5.32 Å². The summed E-state index contributed by atoms with van der Waals surface area (Å²) in [6, 6.07) is 11.2. The number of carbonyl (C=O) groups excluding carboxylic acids is 2. The molecule has 0 radical (unpaired) electrons. The van der Waals surface area contributed by atoms with Crippen LogP contribution in [0.1, 0.15) is 51.9 Å². The lowest BCUT2D eigenvalue weighted by Crippen LogP contribution is -2.17. The lowest BCUT2D eigenvalue weighted by atomic mass is 9.86. The first-order valence-corrected chi connectivity index (χ1v) is 10.2. The van der Waals surface area contributed by atoms with Gasteiger partial charge in [-0.2, -0.15) is 0 Å². The fourth-order valence-corrected chi connectivity index (χ4v) is 4.36. The summed E-state index contributed by atoms with van der Waals surface area (Å²) in [7, 11) is 0. The standard InChI is InChI=1S/C22H22ClN3O2S/c1-12-16(13-7-9-14(10-8-13)22(2,3)4)17(19(24)27)21(29-12)26-20(28)15-6-5-11-25-18(15)23/h5-11H,1-4H3,(H2,24,27)(H,26,28). The van der Waals surface area contributed by atoms with Crippen molar-refractivity contribution in [2.45, 2.75) is 33.1 Å². The largest absolute Gasteiger partial charge is 0.365 e. The van der Waals surface area contributed by atoms with Crippen molar-refractivity contribution in [1.29, 1.82) is 0 Å². The Kier molecular flexibility index (Phi) is 5.78. The van der Waals surface area contributed by atoms with Crippen molar-refractivity contribution in [3.05, 3.63) is 69.3 Å².